The molecule has 8 heteroatoms. The molecule has 1 aliphatic rings. The van der Waals surface area contributed by atoms with Crippen LogP contribution < -0.4 is 14.4 Å². The van der Waals surface area contributed by atoms with Crippen molar-refractivity contribution in [3.05, 3.63) is 54.1 Å². The highest BCUT2D eigenvalue weighted by Gasteiger charge is 2.22. The topological polar surface area (TPSA) is 73.3 Å². The van der Waals surface area contributed by atoms with Crippen LogP contribution in [0.25, 0.3) is 11.4 Å². The predicted molar refractivity (Wildman–Crippen MR) is 107 cm³/mol. The Kier molecular flexibility index (Phi) is 5.53. The van der Waals surface area contributed by atoms with Crippen LogP contribution in [0.1, 0.15) is 12.8 Å². The van der Waals surface area contributed by atoms with E-state index in [0.717, 1.165) is 43.1 Å². The van der Waals surface area contributed by atoms with Gasteiger partial charge in [-0.2, -0.15) is 4.98 Å². The Morgan fingerprint density at radius 1 is 1.04 bits per heavy atom. The monoisotopic (exact) mass is 397 g/mol. The van der Waals surface area contributed by atoms with E-state index in [0.29, 0.717) is 16.9 Å². The molecule has 0 spiro atoms. The van der Waals surface area contributed by atoms with Crippen molar-refractivity contribution in [1.82, 2.24) is 19.9 Å². The van der Waals surface area contributed by atoms with Gasteiger partial charge in [-0.15, -0.1) is 0 Å². The second-order valence-corrected chi connectivity index (χ2v) is 6.84. The summed E-state index contributed by atoms with van der Waals surface area (Å²) in [7, 11) is 1.65. The highest BCUT2D eigenvalue weighted by atomic mass is 35.5. The maximum absolute atomic E-state index is 5.91. The van der Waals surface area contributed by atoms with E-state index in [-0.39, 0.29) is 6.10 Å². The Morgan fingerprint density at radius 3 is 2.54 bits per heavy atom. The van der Waals surface area contributed by atoms with Gasteiger partial charge in [-0.1, -0.05) is 11.6 Å². The lowest BCUT2D eigenvalue weighted by atomic mass is 10.1. The smallest absolute Gasteiger partial charge is 0.234 e. The van der Waals surface area contributed by atoms with E-state index in [9.17, 15) is 0 Å². The van der Waals surface area contributed by atoms with E-state index in [1.54, 1.807) is 19.5 Å². The van der Waals surface area contributed by atoms with Crippen molar-refractivity contribution in [1.29, 1.82) is 0 Å². The maximum Gasteiger partial charge on any atom is 0.234 e. The fourth-order valence-electron chi connectivity index (χ4n) is 3.16. The lowest BCUT2D eigenvalue weighted by molar-refractivity contribution is 0.163. The summed E-state index contributed by atoms with van der Waals surface area (Å²) in [6.45, 7) is 1.69. The molecule has 1 aliphatic heterocycles. The zero-order valence-corrected chi connectivity index (χ0v) is 16.2. The third kappa shape index (κ3) is 4.31. The van der Waals surface area contributed by atoms with E-state index in [4.69, 9.17) is 26.1 Å². The number of benzene rings is 1. The van der Waals surface area contributed by atoms with Gasteiger partial charge >= 0.3 is 0 Å². The molecule has 28 heavy (non-hydrogen) atoms. The van der Waals surface area contributed by atoms with E-state index in [1.165, 1.54) is 6.20 Å². The number of hydrogen-bond acceptors (Lipinski definition) is 7. The first-order valence-electron chi connectivity index (χ1n) is 9.08. The molecule has 1 fully saturated rings. The van der Waals surface area contributed by atoms with Crippen LogP contribution in [0.5, 0.6) is 11.6 Å². The molecule has 0 N–H and O–H groups in total. The third-order valence-corrected chi connectivity index (χ3v) is 4.81. The van der Waals surface area contributed by atoms with Gasteiger partial charge in [0.25, 0.3) is 0 Å². The molecule has 0 amide bonds. The molecule has 7 nitrogen and oxygen atoms in total. The molecule has 3 aromatic rings. The minimum Gasteiger partial charge on any atom is -0.497 e. The maximum atomic E-state index is 5.91. The highest BCUT2D eigenvalue weighted by Crippen LogP contribution is 2.24. The van der Waals surface area contributed by atoms with Crippen LogP contribution in [-0.4, -0.2) is 46.2 Å². The van der Waals surface area contributed by atoms with Crippen LogP contribution in [0.3, 0.4) is 0 Å². The lowest BCUT2D eigenvalue weighted by Crippen LogP contribution is -2.38. The first-order valence-corrected chi connectivity index (χ1v) is 9.46. The number of halogens is 1. The van der Waals surface area contributed by atoms with Crippen LogP contribution in [-0.2, 0) is 0 Å². The summed E-state index contributed by atoms with van der Waals surface area (Å²) in [5, 5.41) is 0.335. The first-order chi connectivity index (χ1) is 13.7. The number of piperidine rings is 1. The van der Waals surface area contributed by atoms with Gasteiger partial charge in [-0.3, -0.25) is 4.98 Å². The number of hydrogen-bond donors (Lipinski definition) is 0. The van der Waals surface area contributed by atoms with Crippen LogP contribution in [0.4, 0.5) is 5.82 Å². The zero-order chi connectivity index (χ0) is 19.3. The van der Waals surface area contributed by atoms with E-state index >= 15 is 0 Å². The Balaban J connectivity index is 1.40. The summed E-state index contributed by atoms with van der Waals surface area (Å²) in [6.07, 6.45) is 6.71. The Hall–Kier alpha value is -2.93. The van der Waals surface area contributed by atoms with Gasteiger partial charge < -0.3 is 14.4 Å². The van der Waals surface area contributed by atoms with Crippen LogP contribution in [0.2, 0.25) is 5.15 Å². The number of ether oxygens (including phenoxy) is 2. The second kappa shape index (κ2) is 8.39. The van der Waals surface area contributed by atoms with Crippen molar-refractivity contribution in [2.45, 2.75) is 18.9 Å². The van der Waals surface area contributed by atoms with Gasteiger partial charge in [0.05, 0.1) is 19.5 Å². The average molecular weight is 398 g/mol. The molecular formula is C20H20ClN5O2. The van der Waals surface area contributed by atoms with Crippen molar-refractivity contribution in [2.75, 3.05) is 25.1 Å². The minimum atomic E-state index is 0.0897. The number of aromatic nitrogens is 4. The number of methoxy groups -OCH3 is 1. The van der Waals surface area contributed by atoms with Gasteiger partial charge in [-0.05, 0) is 30.3 Å². The molecule has 0 unspecified atom stereocenters. The molecule has 0 bridgehead atoms. The van der Waals surface area contributed by atoms with Crippen molar-refractivity contribution >= 4 is 17.4 Å². The quantitative estimate of drug-likeness (QED) is 0.650. The molecule has 144 valence electrons. The molecule has 1 saturated heterocycles. The van der Waals surface area contributed by atoms with Gasteiger partial charge in [0.15, 0.2) is 11.0 Å². The predicted octanol–water partition coefficient (Wildman–Crippen LogP) is 3.64. The molecule has 0 saturated carbocycles. The number of anilines is 1. The third-order valence-electron chi connectivity index (χ3n) is 4.63. The van der Waals surface area contributed by atoms with Crippen LogP contribution >= 0.6 is 11.6 Å². The lowest BCUT2D eigenvalue weighted by Gasteiger charge is -2.32. The SMILES string of the molecule is COc1ccc(-c2nccc(N3CCC(Oc4cncc(Cl)n4)CC3)n2)cc1. The second-order valence-electron chi connectivity index (χ2n) is 6.45. The molecule has 3 heterocycles. The summed E-state index contributed by atoms with van der Waals surface area (Å²) < 4.78 is 11.1. The van der Waals surface area contributed by atoms with Gasteiger partial charge in [-0.25, -0.2) is 9.97 Å². The standard InChI is InChI=1S/C20H20ClN5O2/c1-27-15-4-2-14(3-5-15)20-23-9-6-18(25-20)26-10-7-16(8-11-26)28-19-13-22-12-17(21)24-19/h2-6,9,12-13,16H,7-8,10-11H2,1H3. The molecule has 0 atom stereocenters. The molecule has 0 aliphatic carbocycles. The Labute approximate surface area is 168 Å². The van der Waals surface area contributed by atoms with Crippen molar-refractivity contribution in [3.8, 4) is 23.0 Å². The summed E-state index contributed by atoms with van der Waals surface area (Å²) >= 11 is 5.86. The zero-order valence-electron chi connectivity index (χ0n) is 15.5. The molecule has 1 aromatic carbocycles. The Bertz CT molecular complexity index is 930. The minimum absolute atomic E-state index is 0.0897. The first kappa shape index (κ1) is 18.4. The summed E-state index contributed by atoms with van der Waals surface area (Å²) in [6, 6.07) is 9.69. The van der Waals surface area contributed by atoms with Crippen molar-refractivity contribution in [2.24, 2.45) is 0 Å². The average Bonchev–Trinajstić information content (AvgIpc) is 2.74. The van der Waals surface area contributed by atoms with Gasteiger partial charge in [0, 0.05) is 37.7 Å². The fourth-order valence-corrected chi connectivity index (χ4v) is 3.30. The summed E-state index contributed by atoms with van der Waals surface area (Å²) in [5.41, 5.74) is 0.959. The van der Waals surface area contributed by atoms with Gasteiger partial charge in [0.2, 0.25) is 5.88 Å². The summed E-state index contributed by atoms with van der Waals surface area (Å²) in [5.74, 6) is 2.90. The van der Waals surface area contributed by atoms with Crippen molar-refractivity contribution in [3.63, 3.8) is 0 Å². The highest BCUT2D eigenvalue weighted by molar-refractivity contribution is 6.29. The number of rotatable bonds is 5. The molecular weight excluding hydrogens is 378 g/mol. The summed E-state index contributed by atoms with van der Waals surface area (Å²) in [4.78, 5) is 19.5. The van der Waals surface area contributed by atoms with E-state index < -0.39 is 0 Å². The largest absolute Gasteiger partial charge is 0.497 e. The fraction of sp³-hybridized carbons (Fsp3) is 0.300. The molecule has 0 radical (unpaired) electrons. The molecule has 2 aromatic heterocycles. The van der Waals surface area contributed by atoms with Crippen molar-refractivity contribution < 1.29 is 9.47 Å². The molecule has 4 rings (SSSR count). The van der Waals surface area contributed by atoms with Gasteiger partial charge in [0.1, 0.15) is 17.7 Å². The normalized spacial score (nSPS) is 14.7. The number of nitrogens with zero attached hydrogens (tertiary/aromatic N) is 5. The van der Waals surface area contributed by atoms with E-state index in [2.05, 4.69) is 19.9 Å². The van der Waals surface area contributed by atoms with Crippen LogP contribution in [0, 0.1) is 0 Å². The van der Waals surface area contributed by atoms with Crippen LogP contribution in [0.15, 0.2) is 48.9 Å². The van der Waals surface area contributed by atoms with E-state index in [1.807, 2.05) is 30.3 Å². The Morgan fingerprint density at radius 2 is 1.82 bits per heavy atom.